The third-order valence-corrected chi connectivity index (χ3v) is 3.25. The lowest BCUT2D eigenvalue weighted by molar-refractivity contribution is -0.142. The van der Waals surface area contributed by atoms with Crippen molar-refractivity contribution in [1.29, 1.82) is 0 Å². The molecule has 0 aromatic carbocycles. The molecule has 2 N–H and O–H groups in total. The number of aromatic nitrogens is 2. The van der Waals surface area contributed by atoms with E-state index in [4.69, 9.17) is 5.11 Å². The Kier molecular flexibility index (Phi) is 6.20. The first-order valence-corrected chi connectivity index (χ1v) is 6.99. The fraction of sp³-hybridized carbons (Fsp3) is 0.643. The van der Waals surface area contributed by atoms with Crippen LogP contribution in [-0.2, 0) is 18.4 Å². The van der Waals surface area contributed by atoms with Crippen molar-refractivity contribution in [3.05, 3.63) is 18.2 Å². The number of urea groups is 1. The zero-order valence-corrected chi connectivity index (χ0v) is 13.0. The van der Waals surface area contributed by atoms with Crippen LogP contribution in [0.15, 0.2) is 12.4 Å². The second-order valence-electron chi connectivity index (χ2n) is 5.66. The monoisotopic (exact) mass is 296 g/mol. The summed E-state index contributed by atoms with van der Waals surface area (Å²) in [6.45, 7) is 4.43. The molecule has 0 fully saturated rings. The maximum absolute atomic E-state index is 12.0. The average molecular weight is 296 g/mol. The number of amides is 2. The molecule has 0 saturated heterocycles. The van der Waals surface area contributed by atoms with Crippen LogP contribution in [0.4, 0.5) is 4.79 Å². The summed E-state index contributed by atoms with van der Waals surface area (Å²) in [5.41, 5.74) is 0. The summed E-state index contributed by atoms with van der Waals surface area (Å²) in [5, 5.41) is 11.8. The third kappa shape index (κ3) is 5.45. The van der Waals surface area contributed by atoms with Crippen LogP contribution in [-0.4, -0.2) is 45.2 Å². The number of carboxylic acids is 1. The van der Waals surface area contributed by atoms with Gasteiger partial charge in [0.1, 0.15) is 5.82 Å². The highest BCUT2D eigenvalue weighted by molar-refractivity contribution is 5.75. The molecule has 21 heavy (non-hydrogen) atoms. The topological polar surface area (TPSA) is 87.5 Å². The molecular formula is C14H24N4O3. The van der Waals surface area contributed by atoms with E-state index in [-0.39, 0.29) is 18.5 Å². The van der Waals surface area contributed by atoms with Crippen LogP contribution in [0.2, 0.25) is 0 Å². The highest BCUT2D eigenvalue weighted by atomic mass is 16.4. The molecule has 1 unspecified atom stereocenters. The SMILES string of the molecule is CC(C)CC(CNC(=O)N(C)Cc1nccn1C)C(=O)O. The Labute approximate surface area is 125 Å². The molecule has 1 heterocycles. The van der Waals surface area contributed by atoms with E-state index >= 15 is 0 Å². The van der Waals surface area contributed by atoms with Gasteiger partial charge in [-0.1, -0.05) is 13.8 Å². The second kappa shape index (κ2) is 7.66. The van der Waals surface area contributed by atoms with Crippen LogP contribution in [0, 0.1) is 11.8 Å². The Hall–Kier alpha value is -2.05. The molecule has 1 rings (SSSR count). The fourth-order valence-electron chi connectivity index (χ4n) is 2.02. The van der Waals surface area contributed by atoms with Crippen molar-refractivity contribution >= 4 is 12.0 Å². The van der Waals surface area contributed by atoms with Crippen molar-refractivity contribution in [1.82, 2.24) is 19.8 Å². The summed E-state index contributed by atoms with van der Waals surface area (Å²) < 4.78 is 1.84. The second-order valence-corrected chi connectivity index (χ2v) is 5.66. The number of imidazole rings is 1. The van der Waals surface area contributed by atoms with Crippen LogP contribution in [0.25, 0.3) is 0 Å². The minimum atomic E-state index is -0.879. The number of nitrogens with one attached hydrogen (secondary N) is 1. The Balaban J connectivity index is 2.48. The first-order chi connectivity index (χ1) is 9.81. The van der Waals surface area contributed by atoms with E-state index in [1.165, 1.54) is 4.90 Å². The maximum Gasteiger partial charge on any atom is 0.317 e. The number of rotatable bonds is 7. The largest absolute Gasteiger partial charge is 0.481 e. The van der Waals surface area contributed by atoms with Gasteiger partial charge in [0.2, 0.25) is 0 Å². The molecule has 0 saturated carbocycles. The molecule has 118 valence electrons. The van der Waals surface area contributed by atoms with E-state index in [0.717, 1.165) is 5.82 Å². The summed E-state index contributed by atoms with van der Waals surface area (Å²) in [7, 11) is 3.51. The predicted octanol–water partition coefficient (Wildman–Crippen LogP) is 1.31. The van der Waals surface area contributed by atoms with Gasteiger partial charge in [-0.2, -0.15) is 0 Å². The number of carboxylic acid groups (broad SMARTS) is 1. The summed E-state index contributed by atoms with van der Waals surface area (Å²) >= 11 is 0. The Morgan fingerprint density at radius 2 is 2.14 bits per heavy atom. The number of aryl methyl sites for hydroxylation is 1. The molecule has 1 aromatic rings. The van der Waals surface area contributed by atoms with Gasteiger partial charge in [0.25, 0.3) is 0 Å². The van der Waals surface area contributed by atoms with Gasteiger partial charge in [-0.25, -0.2) is 9.78 Å². The number of carbonyl (C=O) groups is 2. The van der Waals surface area contributed by atoms with E-state index in [0.29, 0.717) is 13.0 Å². The number of hydrogen-bond acceptors (Lipinski definition) is 3. The van der Waals surface area contributed by atoms with Gasteiger partial charge >= 0.3 is 12.0 Å². The summed E-state index contributed by atoms with van der Waals surface area (Å²) in [6, 6.07) is -0.298. The van der Waals surface area contributed by atoms with Crippen LogP contribution < -0.4 is 5.32 Å². The van der Waals surface area contributed by atoms with E-state index in [2.05, 4.69) is 10.3 Å². The molecule has 2 amide bonds. The summed E-state index contributed by atoms with van der Waals surface area (Å²) in [4.78, 5) is 28.7. The minimum Gasteiger partial charge on any atom is -0.481 e. The highest BCUT2D eigenvalue weighted by Crippen LogP contribution is 2.11. The quantitative estimate of drug-likeness (QED) is 0.794. The van der Waals surface area contributed by atoms with Crippen LogP contribution in [0.3, 0.4) is 0 Å². The van der Waals surface area contributed by atoms with Gasteiger partial charge in [-0.15, -0.1) is 0 Å². The molecule has 1 aromatic heterocycles. The maximum atomic E-state index is 12.0. The number of carbonyl (C=O) groups excluding carboxylic acids is 1. The molecule has 0 spiro atoms. The van der Waals surface area contributed by atoms with Crippen molar-refractivity contribution < 1.29 is 14.7 Å². The van der Waals surface area contributed by atoms with Crippen molar-refractivity contribution in [2.24, 2.45) is 18.9 Å². The van der Waals surface area contributed by atoms with Gasteiger partial charge < -0.3 is 19.9 Å². The first kappa shape index (κ1) is 17.0. The van der Waals surface area contributed by atoms with Crippen LogP contribution in [0.1, 0.15) is 26.1 Å². The normalized spacial score (nSPS) is 12.2. The molecule has 0 radical (unpaired) electrons. The molecule has 7 heteroatoms. The standard InChI is InChI=1S/C14H24N4O3/c1-10(2)7-11(13(19)20)8-16-14(21)18(4)9-12-15-5-6-17(12)3/h5-6,10-11H,7-9H2,1-4H3,(H,16,21)(H,19,20). The van der Waals surface area contributed by atoms with Crippen molar-refractivity contribution in [2.45, 2.75) is 26.8 Å². The lowest BCUT2D eigenvalue weighted by Gasteiger charge is -2.20. The predicted molar refractivity (Wildman–Crippen MR) is 78.7 cm³/mol. The van der Waals surface area contributed by atoms with Gasteiger partial charge in [0, 0.05) is 33.0 Å². The highest BCUT2D eigenvalue weighted by Gasteiger charge is 2.20. The zero-order valence-electron chi connectivity index (χ0n) is 13.0. The molecule has 0 aliphatic heterocycles. The smallest absolute Gasteiger partial charge is 0.317 e. The van der Waals surface area contributed by atoms with Crippen LogP contribution in [0.5, 0.6) is 0 Å². The molecule has 0 aliphatic carbocycles. The molecule has 0 aliphatic rings. The molecule has 1 atom stereocenters. The minimum absolute atomic E-state index is 0.136. The zero-order chi connectivity index (χ0) is 16.0. The number of hydrogen-bond donors (Lipinski definition) is 2. The summed E-state index contributed by atoms with van der Waals surface area (Å²) in [5.74, 6) is -0.399. The van der Waals surface area contributed by atoms with E-state index in [1.807, 2.05) is 31.7 Å². The van der Waals surface area contributed by atoms with Crippen molar-refractivity contribution in [3.63, 3.8) is 0 Å². The average Bonchev–Trinajstić information content (AvgIpc) is 2.79. The third-order valence-electron chi connectivity index (χ3n) is 3.25. The van der Waals surface area contributed by atoms with E-state index < -0.39 is 11.9 Å². The fourth-order valence-corrected chi connectivity index (χ4v) is 2.02. The lowest BCUT2D eigenvalue weighted by Crippen LogP contribution is -2.41. The van der Waals surface area contributed by atoms with E-state index in [9.17, 15) is 9.59 Å². The first-order valence-electron chi connectivity index (χ1n) is 6.99. The number of nitrogens with zero attached hydrogens (tertiary/aromatic N) is 3. The molecular weight excluding hydrogens is 272 g/mol. The van der Waals surface area contributed by atoms with Crippen molar-refractivity contribution in [3.8, 4) is 0 Å². The van der Waals surface area contributed by atoms with Crippen LogP contribution >= 0.6 is 0 Å². The van der Waals surface area contributed by atoms with Gasteiger partial charge in [-0.05, 0) is 12.3 Å². The molecule has 7 nitrogen and oxygen atoms in total. The van der Waals surface area contributed by atoms with Gasteiger partial charge in [0.05, 0.1) is 12.5 Å². The Morgan fingerprint density at radius 1 is 1.48 bits per heavy atom. The lowest BCUT2D eigenvalue weighted by atomic mass is 9.97. The number of aliphatic carboxylic acids is 1. The van der Waals surface area contributed by atoms with E-state index in [1.54, 1.807) is 13.2 Å². The Bertz CT molecular complexity index is 484. The molecule has 0 bridgehead atoms. The van der Waals surface area contributed by atoms with Gasteiger partial charge in [-0.3, -0.25) is 4.79 Å². The summed E-state index contributed by atoms with van der Waals surface area (Å²) in [6.07, 6.45) is 4.02. The van der Waals surface area contributed by atoms with Gasteiger partial charge in [0.15, 0.2) is 0 Å². The Morgan fingerprint density at radius 3 is 2.62 bits per heavy atom. The van der Waals surface area contributed by atoms with Crippen molar-refractivity contribution in [2.75, 3.05) is 13.6 Å².